The summed E-state index contributed by atoms with van der Waals surface area (Å²) < 4.78 is 16.9. The molecule has 0 amide bonds. The van der Waals surface area contributed by atoms with E-state index in [2.05, 4.69) is 57.2 Å². The van der Waals surface area contributed by atoms with Gasteiger partial charge in [0, 0.05) is 19.3 Å². The Hall–Kier alpha value is -2.37. The third kappa shape index (κ3) is 54.4. The van der Waals surface area contributed by atoms with Gasteiger partial charge in [0.1, 0.15) is 13.2 Å². The molecule has 1 unspecified atom stereocenters. The van der Waals surface area contributed by atoms with Crippen molar-refractivity contribution in [3.8, 4) is 0 Å². The van der Waals surface area contributed by atoms with Gasteiger partial charge in [0.2, 0.25) is 0 Å². The van der Waals surface area contributed by atoms with Crippen molar-refractivity contribution in [2.45, 2.75) is 322 Å². The van der Waals surface area contributed by atoms with Crippen LogP contribution in [-0.2, 0) is 28.6 Å². The van der Waals surface area contributed by atoms with E-state index < -0.39 is 6.10 Å². The third-order valence-electron chi connectivity index (χ3n) is 13.2. The van der Waals surface area contributed by atoms with Gasteiger partial charge in [-0.2, -0.15) is 0 Å². The minimum Gasteiger partial charge on any atom is -0.462 e. The summed E-state index contributed by atoms with van der Waals surface area (Å²) in [7, 11) is 0. The van der Waals surface area contributed by atoms with E-state index in [0.29, 0.717) is 19.3 Å². The molecule has 0 N–H and O–H groups in total. The number of unbranched alkanes of at least 4 members (excludes halogenated alkanes) is 37. The summed E-state index contributed by atoms with van der Waals surface area (Å²) in [6, 6.07) is 0. The molecular formula is C61H112O6. The first kappa shape index (κ1) is 64.6. The number of allylic oxidation sites excluding steroid dienone is 6. The van der Waals surface area contributed by atoms with Gasteiger partial charge in [-0.3, -0.25) is 14.4 Å². The zero-order valence-electron chi connectivity index (χ0n) is 44.9. The molecule has 0 spiro atoms. The molecule has 0 aliphatic rings. The number of carbonyl (C=O) groups excluding carboxylic acids is 3. The van der Waals surface area contributed by atoms with Crippen molar-refractivity contribution in [2.24, 2.45) is 0 Å². The minimum absolute atomic E-state index is 0.0684. The van der Waals surface area contributed by atoms with Gasteiger partial charge in [-0.15, -0.1) is 0 Å². The van der Waals surface area contributed by atoms with Crippen LogP contribution in [0.4, 0.5) is 0 Å². The van der Waals surface area contributed by atoms with E-state index in [-0.39, 0.29) is 31.1 Å². The van der Waals surface area contributed by atoms with Crippen molar-refractivity contribution in [3.63, 3.8) is 0 Å². The fourth-order valence-electron chi connectivity index (χ4n) is 8.75. The molecule has 0 aliphatic heterocycles. The number of hydrogen-bond donors (Lipinski definition) is 0. The van der Waals surface area contributed by atoms with Crippen molar-refractivity contribution in [2.75, 3.05) is 13.2 Å². The lowest BCUT2D eigenvalue weighted by atomic mass is 10.0. The molecule has 0 aromatic carbocycles. The molecule has 1 atom stereocenters. The van der Waals surface area contributed by atoms with Gasteiger partial charge in [0.05, 0.1) is 0 Å². The Bertz CT molecular complexity index is 1130. The SMILES string of the molecule is CC/C=C\C/C=C\C/C=C\CCCCCCCCCCCC(=O)OCC(COC(=O)CCCCCCCCCCCCCCC)OC(=O)CCCCCCCCCCCCCCCCCCC. The third-order valence-corrected chi connectivity index (χ3v) is 13.2. The Labute approximate surface area is 416 Å². The number of rotatable bonds is 54. The van der Waals surface area contributed by atoms with E-state index in [0.717, 1.165) is 77.0 Å². The Kier molecular flexibility index (Phi) is 54.2. The van der Waals surface area contributed by atoms with Crippen LogP contribution in [0.15, 0.2) is 36.5 Å². The normalized spacial score (nSPS) is 12.2. The van der Waals surface area contributed by atoms with Crippen molar-refractivity contribution >= 4 is 17.9 Å². The summed E-state index contributed by atoms with van der Waals surface area (Å²) in [4.78, 5) is 38.2. The molecule has 0 saturated heterocycles. The molecule has 0 aromatic rings. The predicted octanol–water partition coefficient (Wildman–Crippen LogP) is 19.7. The average Bonchev–Trinajstić information content (AvgIpc) is 3.33. The molecule has 0 aromatic heterocycles. The van der Waals surface area contributed by atoms with Crippen LogP contribution >= 0.6 is 0 Å². The van der Waals surface area contributed by atoms with Crippen LogP contribution in [0.2, 0.25) is 0 Å². The molecule has 0 rings (SSSR count). The van der Waals surface area contributed by atoms with E-state index in [4.69, 9.17) is 14.2 Å². The first-order chi connectivity index (χ1) is 33.0. The van der Waals surface area contributed by atoms with Gasteiger partial charge >= 0.3 is 17.9 Å². The van der Waals surface area contributed by atoms with E-state index >= 15 is 0 Å². The largest absolute Gasteiger partial charge is 0.462 e. The number of ether oxygens (including phenoxy) is 3. The quantitative estimate of drug-likeness (QED) is 0.0262. The highest BCUT2D eigenvalue weighted by atomic mass is 16.6. The summed E-state index contributed by atoms with van der Waals surface area (Å²) >= 11 is 0. The fourth-order valence-corrected chi connectivity index (χ4v) is 8.75. The summed E-state index contributed by atoms with van der Waals surface area (Å²) in [5.74, 6) is -0.853. The van der Waals surface area contributed by atoms with Gasteiger partial charge in [-0.05, 0) is 51.4 Å². The second kappa shape index (κ2) is 56.2. The van der Waals surface area contributed by atoms with Crippen molar-refractivity contribution in [1.29, 1.82) is 0 Å². The highest BCUT2D eigenvalue weighted by Gasteiger charge is 2.19. The maximum absolute atomic E-state index is 12.9. The first-order valence-corrected chi connectivity index (χ1v) is 29.5. The van der Waals surface area contributed by atoms with Gasteiger partial charge in [-0.1, -0.05) is 282 Å². The molecule has 0 radical (unpaired) electrons. The molecule has 392 valence electrons. The van der Waals surface area contributed by atoms with Gasteiger partial charge in [0.15, 0.2) is 6.10 Å². The maximum atomic E-state index is 12.9. The van der Waals surface area contributed by atoms with Gasteiger partial charge in [0.25, 0.3) is 0 Å². The van der Waals surface area contributed by atoms with E-state index in [1.807, 2.05) is 0 Å². The number of esters is 3. The molecular weight excluding hydrogens is 829 g/mol. The van der Waals surface area contributed by atoms with Crippen molar-refractivity contribution < 1.29 is 28.6 Å². The Morgan fingerprint density at radius 1 is 0.313 bits per heavy atom. The summed E-state index contributed by atoms with van der Waals surface area (Å²) in [5, 5.41) is 0. The smallest absolute Gasteiger partial charge is 0.306 e. The first-order valence-electron chi connectivity index (χ1n) is 29.5. The highest BCUT2D eigenvalue weighted by Crippen LogP contribution is 2.17. The van der Waals surface area contributed by atoms with Crippen LogP contribution < -0.4 is 0 Å². The van der Waals surface area contributed by atoms with Crippen LogP contribution in [0.5, 0.6) is 0 Å². The molecule has 0 heterocycles. The van der Waals surface area contributed by atoms with Gasteiger partial charge < -0.3 is 14.2 Å². The average molecular weight is 942 g/mol. The molecule has 6 nitrogen and oxygen atoms in total. The number of carbonyl (C=O) groups is 3. The summed E-state index contributed by atoms with van der Waals surface area (Å²) in [5.41, 5.74) is 0. The summed E-state index contributed by atoms with van der Waals surface area (Å²) in [6.45, 7) is 6.58. The molecule has 0 bridgehead atoms. The maximum Gasteiger partial charge on any atom is 0.306 e. The zero-order valence-corrected chi connectivity index (χ0v) is 44.9. The Morgan fingerprint density at radius 2 is 0.582 bits per heavy atom. The zero-order chi connectivity index (χ0) is 48.6. The van der Waals surface area contributed by atoms with E-state index in [1.54, 1.807) is 0 Å². The van der Waals surface area contributed by atoms with Crippen LogP contribution in [0.25, 0.3) is 0 Å². The van der Waals surface area contributed by atoms with E-state index in [1.165, 1.54) is 199 Å². The lowest BCUT2D eigenvalue weighted by molar-refractivity contribution is -0.167. The second-order valence-electron chi connectivity index (χ2n) is 19.9. The van der Waals surface area contributed by atoms with Gasteiger partial charge in [-0.25, -0.2) is 0 Å². The highest BCUT2D eigenvalue weighted by molar-refractivity contribution is 5.71. The molecule has 67 heavy (non-hydrogen) atoms. The molecule has 0 saturated carbocycles. The van der Waals surface area contributed by atoms with Crippen LogP contribution in [0.1, 0.15) is 316 Å². The van der Waals surface area contributed by atoms with Crippen molar-refractivity contribution in [3.05, 3.63) is 36.5 Å². The van der Waals surface area contributed by atoms with Crippen LogP contribution in [0.3, 0.4) is 0 Å². The standard InChI is InChI=1S/C61H112O6/c1-4-7-10-13-16-19-22-25-27-29-30-32-33-36-39-42-45-48-51-54-60(63)66-57-58(56-65-59(62)53-50-47-44-41-38-35-24-21-18-15-12-9-6-3)67-61(64)55-52-49-46-43-40-37-34-31-28-26-23-20-17-14-11-8-5-2/h7,10,16,19,25,27,58H,4-6,8-9,11-15,17-18,20-24,26,28-57H2,1-3H3/b10-7-,19-16-,27-25-. The monoisotopic (exact) mass is 941 g/mol. The molecule has 0 fully saturated rings. The number of hydrogen-bond acceptors (Lipinski definition) is 6. The molecule has 0 aliphatic carbocycles. The lowest BCUT2D eigenvalue weighted by Crippen LogP contribution is -2.30. The predicted molar refractivity (Wildman–Crippen MR) is 289 cm³/mol. The van der Waals surface area contributed by atoms with Crippen LogP contribution in [-0.4, -0.2) is 37.2 Å². The Balaban J connectivity index is 4.31. The second-order valence-corrected chi connectivity index (χ2v) is 19.9. The minimum atomic E-state index is -0.769. The topological polar surface area (TPSA) is 78.9 Å². The van der Waals surface area contributed by atoms with Crippen LogP contribution in [0, 0.1) is 0 Å². The fraction of sp³-hybridized carbons (Fsp3) is 0.852. The van der Waals surface area contributed by atoms with Crippen molar-refractivity contribution in [1.82, 2.24) is 0 Å². The van der Waals surface area contributed by atoms with E-state index in [9.17, 15) is 14.4 Å². The lowest BCUT2D eigenvalue weighted by Gasteiger charge is -2.18. The summed E-state index contributed by atoms with van der Waals surface area (Å²) in [6.07, 6.45) is 67.0. The molecule has 6 heteroatoms. The Morgan fingerprint density at radius 3 is 0.910 bits per heavy atom.